The fraction of sp³-hybridized carbons (Fsp3) is 0.250. The molecule has 3 aromatic carbocycles. The quantitative estimate of drug-likeness (QED) is 0.108. The van der Waals surface area contributed by atoms with Gasteiger partial charge in [0.1, 0.15) is 12.4 Å². The minimum absolute atomic E-state index is 0.0315. The number of aromatic nitrogens is 2. The zero-order valence-electron chi connectivity index (χ0n) is 21.5. The molecule has 5 rings (SSSR count). The van der Waals surface area contributed by atoms with E-state index in [4.69, 9.17) is 9.72 Å². The molecule has 0 spiro atoms. The number of hydrogen-bond acceptors (Lipinski definition) is 8. The molecule has 4 aromatic rings. The molecule has 210 valence electrons. The summed E-state index contributed by atoms with van der Waals surface area (Å²) in [7, 11) is 0. The van der Waals surface area contributed by atoms with Gasteiger partial charge in [-0.3, -0.25) is 25.0 Å². The summed E-state index contributed by atoms with van der Waals surface area (Å²) in [5, 5.41) is 27.9. The zero-order valence-corrected chi connectivity index (χ0v) is 24.7. The molecule has 0 radical (unpaired) electrons. The second kappa shape index (κ2) is 12.3. The van der Waals surface area contributed by atoms with Crippen LogP contribution in [0.2, 0.25) is 0 Å². The van der Waals surface area contributed by atoms with Crippen LogP contribution in [0.3, 0.4) is 0 Å². The van der Waals surface area contributed by atoms with Crippen LogP contribution in [0.15, 0.2) is 73.4 Å². The first kappa shape index (κ1) is 28.6. The number of fused-ring (bicyclic) bond motifs is 1. The summed E-state index contributed by atoms with van der Waals surface area (Å²) in [5.41, 5.74) is 0.682. The van der Waals surface area contributed by atoms with Gasteiger partial charge in [0, 0.05) is 34.2 Å². The Morgan fingerprint density at radius 2 is 1.80 bits per heavy atom. The van der Waals surface area contributed by atoms with Gasteiger partial charge in [-0.1, -0.05) is 47.3 Å². The van der Waals surface area contributed by atoms with Crippen LogP contribution in [0.1, 0.15) is 55.0 Å². The maximum absolute atomic E-state index is 13.6. The van der Waals surface area contributed by atoms with E-state index < -0.39 is 9.85 Å². The zero-order chi connectivity index (χ0) is 29.1. The second-order valence-corrected chi connectivity index (χ2v) is 11.4. The summed E-state index contributed by atoms with van der Waals surface area (Å²) in [5.74, 6) is 0.620. The van der Waals surface area contributed by atoms with Gasteiger partial charge in [-0.05, 0) is 58.6 Å². The van der Waals surface area contributed by atoms with Crippen molar-refractivity contribution in [1.82, 2.24) is 9.66 Å². The minimum atomic E-state index is -0.584. The first-order chi connectivity index (χ1) is 19.7. The maximum atomic E-state index is 13.6. The van der Waals surface area contributed by atoms with Crippen LogP contribution in [0, 0.1) is 20.2 Å². The predicted molar refractivity (Wildman–Crippen MR) is 161 cm³/mol. The molecular formula is C28H23Br2N5O6. The van der Waals surface area contributed by atoms with Crippen molar-refractivity contribution < 1.29 is 14.6 Å². The van der Waals surface area contributed by atoms with Gasteiger partial charge in [-0.2, -0.15) is 9.78 Å². The topological polar surface area (TPSA) is 143 Å². The molecule has 0 bridgehead atoms. The van der Waals surface area contributed by atoms with E-state index in [1.165, 1.54) is 35.2 Å². The Morgan fingerprint density at radius 1 is 1.02 bits per heavy atom. The summed E-state index contributed by atoms with van der Waals surface area (Å²) in [6.07, 6.45) is 6.41. The van der Waals surface area contributed by atoms with Gasteiger partial charge in [-0.15, -0.1) is 0 Å². The molecule has 1 heterocycles. The van der Waals surface area contributed by atoms with Crippen molar-refractivity contribution in [2.75, 3.05) is 0 Å². The number of nitrogens with zero attached hydrogens (tertiary/aromatic N) is 5. The van der Waals surface area contributed by atoms with Crippen LogP contribution in [0.4, 0.5) is 11.4 Å². The van der Waals surface area contributed by atoms with Crippen LogP contribution >= 0.6 is 31.9 Å². The molecule has 1 aromatic heterocycles. The molecule has 1 aliphatic rings. The number of ether oxygens (including phenoxy) is 1. The van der Waals surface area contributed by atoms with Gasteiger partial charge in [-0.25, -0.2) is 4.98 Å². The first-order valence-corrected chi connectivity index (χ1v) is 14.4. The highest BCUT2D eigenvalue weighted by Gasteiger charge is 2.24. The standard InChI is InChI=1S/C28H23Br2N5O6/c29-20-9-10-24-22(14-20)28(36)33(27(32-24)19-6-2-1-3-7-19)31-15-18-12-23(30)26(25(13-18)35(39)40)41-16-17-5-4-8-21(11-17)34(37)38/h4-5,8-15,19H,1-3,6-7,16H2. The molecule has 41 heavy (non-hydrogen) atoms. The summed E-state index contributed by atoms with van der Waals surface area (Å²) in [4.78, 5) is 40.3. The molecule has 0 N–H and O–H groups in total. The molecule has 1 fully saturated rings. The van der Waals surface area contributed by atoms with Crippen molar-refractivity contribution in [3.05, 3.63) is 111 Å². The monoisotopic (exact) mass is 683 g/mol. The minimum Gasteiger partial charge on any atom is -0.481 e. The lowest BCUT2D eigenvalue weighted by Gasteiger charge is -2.22. The van der Waals surface area contributed by atoms with Gasteiger partial charge >= 0.3 is 5.69 Å². The third-order valence-electron chi connectivity index (χ3n) is 6.87. The van der Waals surface area contributed by atoms with Crippen LogP contribution in [-0.2, 0) is 6.61 Å². The van der Waals surface area contributed by atoms with E-state index in [2.05, 4.69) is 37.0 Å². The van der Waals surface area contributed by atoms with Crippen LogP contribution < -0.4 is 10.3 Å². The lowest BCUT2D eigenvalue weighted by atomic mass is 9.88. The summed E-state index contributed by atoms with van der Waals surface area (Å²) in [6, 6.07) is 14.1. The predicted octanol–water partition coefficient (Wildman–Crippen LogP) is 7.25. The molecule has 1 saturated carbocycles. The average molecular weight is 685 g/mol. The molecule has 0 unspecified atom stereocenters. The third-order valence-corrected chi connectivity index (χ3v) is 7.96. The van der Waals surface area contributed by atoms with Gasteiger partial charge in [0.25, 0.3) is 11.2 Å². The number of halogens is 2. The van der Waals surface area contributed by atoms with Crippen molar-refractivity contribution in [3.8, 4) is 5.75 Å². The molecule has 0 atom stereocenters. The number of non-ortho nitro benzene ring substituents is 1. The SMILES string of the molecule is O=c1c2cc(Br)ccc2nc(C2CCCCC2)n1N=Cc1cc(Br)c(OCc2cccc([N+](=O)[O-])c2)c([N+](=O)[O-])c1. The van der Waals surface area contributed by atoms with Crippen molar-refractivity contribution in [2.24, 2.45) is 5.10 Å². The first-order valence-electron chi connectivity index (χ1n) is 12.8. The number of nitro benzene ring substituents is 2. The summed E-state index contributed by atoms with van der Waals surface area (Å²) in [6.45, 7) is -0.118. The van der Waals surface area contributed by atoms with Crippen molar-refractivity contribution >= 4 is 60.4 Å². The van der Waals surface area contributed by atoms with E-state index in [-0.39, 0.29) is 35.2 Å². The molecule has 13 heteroatoms. The molecule has 11 nitrogen and oxygen atoms in total. The number of hydrogen-bond donors (Lipinski definition) is 0. The fourth-order valence-electron chi connectivity index (χ4n) is 4.89. The lowest BCUT2D eigenvalue weighted by Crippen LogP contribution is -2.25. The Labute approximate surface area is 250 Å². The van der Waals surface area contributed by atoms with Crippen molar-refractivity contribution in [2.45, 2.75) is 44.6 Å². The highest BCUT2D eigenvalue weighted by atomic mass is 79.9. The largest absolute Gasteiger partial charge is 0.481 e. The van der Waals surface area contributed by atoms with Crippen molar-refractivity contribution in [3.63, 3.8) is 0 Å². The highest BCUT2D eigenvalue weighted by molar-refractivity contribution is 9.10. The third kappa shape index (κ3) is 6.35. The number of nitro groups is 2. The van der Waals surface area contributed by atoms with Crippen LogP contribution in [0.25, 0.3) is 10.9 Å². The Morgan fingerprint density at radius 3 is 2.54 bits per heavy atom. The fourth-order valence-corrected chi connectivity index (χ4v) is 5.84. The van der Waals surface area contributed by atoms with E-state index in [0.29, 0.717) is 32.3 Å². The lowest BCUT2D eigenvalue weighted by molar-refractivity contribution is -0.386. The van der Waals surface area contributed by atoms with E-state index in [0.717, 1.165) is 36.6 Å². The summed E-state index contributed by atoms with van der Waals surface area (Å²) >= 11 is 6.76. The smallest absolute Gasteiger partial charge is 0.312 e. The Kier molecular flexibility index (Phi) is 8.54. The van der Waals surface area contributed by atoms with Gasteiger partial charge in [0.15, 0.2) is 0 Å². The van der Waals surface area contributed by atoms with Gasteiger partial charge in [0.2, 0.25) is 5.75 Å². The number of benzene rings is 3. The van der Waals surface area contributed by atoms with E-state index in [1.807, 2.05) is 6.07 Å². The molecular weight excluding hydrogens is 662 g/mol. The average Bonchev–Trinajstić information content (AvgIpc) is 2.96. The molecule has 0 aliphatic heterocycles. The Hall–Kier alpha value is -3.97. The van der Waals surface area contributed by atoms with Crippen LogP contribution in [0.5, 0.6) is 5.75 Å². The Balaban J connectivity index is 1.50. The Bertz CT molecular complexity index is 1750. The normalized spacial score (nSPS) is 14.0. The van der Waals surface area contributed by atoms with E-state index >= 15 is 0 Å². The van der Waals surface area contributed by atoms with Crippen molar-refractivity contribution in [1.29, 1.82) is 0 Å². The van der Waals surface area contributed by atoms with Gasteiger partial charge in [0.05, 0.1) is 31.4 Å². The second-order valence-electron chi connectivity index (χ2n) is 9.65. The summed E-state index contributed by atoms with van der Waals surface area (Å²) < 4.78 is 8.05. The molecule has 1 aliphatic carbocycles. The van der Waals surface area contributed by atoms with E-state index in [9.17, 15) is 25.0 Å². The van der Waals surface area contributed by atoms with E-state index in [1.54, 1.807) is 24.3 Å². The van der Waals surface area contributed by atoms with Crippen LogP contribution in [-0.4, -0.2) is 25.7 Å². The molecule has 0 saturated heterocycles. The highest BCUT2D eigenvalue weighted by Crippen LogP contribution is 2.37. The van der Waals surface area contributed by atoms with Gasteiger partial charge < -0.3 is 4.74 Å². The molecule has 0 amide bonds. The number of rotatable bonds is 8. The maximum Gasteiger partial charge on any atom is 0.312 e.